The molecule has 0 radical (unpaired) electrons. The minimum atomic E-state index is 0.322. The molecule has 0 aromatic heterocycles. The van der Waals surface area contributed by atoms with Gasteiger partial charge in [0.1, 0.15) is 0 Å². The third-order valence-corrected chi connectivity index (χ3v) is 3.72. The third-order valence-electron chi connectivity index (χ3n) is 3.72. The number of ether oxygens (including phenoxy) is 3. The molecule has 2 atom stereocenters. The molecule has 2 heterocycles. The summed E-state index contributed by atoms with van der Waals surface area (Å²) in [5.41, 5.74) is 0.322. The zero-order valence-electron chi connectivity index (χ0n) is 9.83. The SMILES string of the molecule is CCC(COCC1(CC)COC1)C1CO1. The first-order valence-electron chi connectivity index (χ1n) is 6.07. The minimum absolute atomic E-state index is 0.322. The summed E-state index contributed by atoms with van der Waals surface area (Å²) in [6.07, 6.45) is 2.79. The van der Waals surface area contributed by atoms with E-state index in [4.69, 9.17) is 14.2 Å². The fourth-order valence-electron chi connectivity index (χ4n) is 2.02. The molecule has 0 aromatic rings. The van der Waals surface area contributed by atoms with Crippen molar-refractivity contribution >= 4 is 0 Å². The maximum absolute atomic E-state index is 5.83. The van der Waals surface area contributed by atoms with Crippen LogP contribution in [0.4, 0.5) is 0 Å². The Hall–Kier alpha value is -0.120. The Kier molecular flexibility index (Phi) is 3.65. The number of epoxide rings is 1. The van der Waals surface area contributed by atoms with E-state index in [9.17, 15) is 0 Å². The maximum atomic E-state index is 5.83. The summed E-state index contributed by atoms with van der Waals surface area (Å²) >= 11 is 0. The molecule has 0 aromatic carbocycles. The second-order valence-corrected chi connectivity index (χ2v) is 4.90. The second-order valence-electron chi connectivity index (χ2n) is 4.90. The van der Waals surface area contributed by atoms with E-state index in [1.807, 2.05) is 0 Å². The first kappa shape index (κ1) is 11.4. The highest BCUT2D eigenvalue weighted by molar-refractivity contribution is 4.84. The van der Waals surface area contributed by atoms with Crippen LogP contribution in [0.2, 0.25) is 0 Å². The predicted octanol–water partition coefficient (Wildman–Crippen LogP) is 1.85. The van der Waals surface area contributed by atoms with Crippen LogP contribution in [0.5, 0.6) is 0 Å². The van der Waals surface area contributed by atoms with Crippen LogP contribution in [0.3, 0.4) is 0 Å². The standard InChI is InChI=1S/C12H22O3/c1-3-10(11-6-15-11)5-13-7-12(4-2)8-14-9-12/h10-11H,3-9H2,1-2H3. The zero-order chi connectivity index (χ0) is 10.7. The average Bonchev–Trinajstić information content (AvgIpc) is 3.00. The Morgan fingerprint density at radius 3 is 2.53 bits per heavy atom. The molecule has 15 heavy (non-hydrogen) atoms. The highest BCUT2D eigenvalue weighted by Gasteiger charge is 2.38. The van der Waals surface area contributed by atoms with Gasteiger partial charge in [0, 0.05) is 11.3 Å². The van der Waals surface area contributed by atoms with Gasteiger partial charge in [-0.15, -0.1) is 0 Å². The molecule has 3 nitrogen and oxygen atoms in total. The largest absolute Gasteiger partial charge is 0.380 e. The van der Waals surface area contributed by atoms with Crippen molar-refractivity contribution in [3.63, 3.8) is 0 Å². The lowest BCUT2D eigenvalue weighted by atomic mass is 9.84. The van der Waals surface area contributed by atoms with Crippen LogP contribution in [0.1, 0.15) is 26.7 Å². The average molecular weight is 214 g/mol. The van der Waals surface area contributed by atoms with Crippen molar-refractivity contribution < 1.29 is 14.2 Å². The normalized spacial score (nSPS) is 29.6. The highest BCUT2D eigenvalue weighted by Crippen LogP contribution is 2.32. The van der Waals surface area contributed by atoms with Crippen LogP contribution in [-0.2, 0) is 14.2 Å². The first-order chi connectivity index (χ1) is 7.29. The van der Waals surface area contributed by atoms with Crippen LogP contribution >= 0.6 is 0 Å². The quantitative estimate of drug-likeness (QED) is 0.606. The summed E-state index contributed by atoms with van der Waals surface area (Å²) in [7, 11) is 0. The van der Waals surface area contributed by atoms with Crippen LogP contribution in [0.15, 0.2) is 0 Å². The van der Waals surface area contributed by atoms with Gasteiger partial charge < -0.3 is 14.2 Å². The van der Waals surface area contributed by atoms with E-state index in [1.54, 1.807) is 0 Å². The van der Waals surface area contributed by atoms with Crippen molar-refractivity contribution in [2.45, 2.75) is 32.8 Å². The molecule has 88 valence electrons. The minimum Gasteiger partial charge on any atom is -0.380 e. The summed E-state index contributed by atoms with van der Waals surface area (Å²) in [5.74, 6) is 0.597. The topological polar surface area (TPSA) is 31.0 Å². The molecule has 0 spiro atoms. The molecule has 2 saturated heterocycles. The number of hydrogen-bond donors (Lipinski definition) is 0. The van der Waals surface area contributed by atoms with E-state index in [0.717, 1.165) is 45.9 Å². The van der Waals surface area contributed by atoms with Gasteiger partial charge in [-0.25, -0.2) is 0 Å². The van der Waals surface area contributed by atoms with E-state index >= 15 is 0 Å². The van der Waals surface area contributed by atoms with E-state index in [1.165, 1.54) is 0 Å². The van der Waals surface area contributed by atoms with Crippen molar-refractivity contribution in [1.29, 1.82) is 0 Å². The monoisotopic (exact) mass is 214 g/mol. The van der Waals surface area contributed by atoms with Gasteiger partial charge in [0.25, 0.3) is 0 Å². The molecule has 2 fully saturated rings. The molecule has 2 rings (SSSR count). The van der Waals surface area contributed by atoms with Gasteiger partial charge in [-0.3, -0.25) is 0 Å². The Labute approximate surface area is 92.1 Å². The van der Waals surface area contributed by atoms with Gasteiger partial charge in [-0.05, 0) is 12.8 Å². The summed E-state index contributed by atoms with van der Waals surface area (Å²) in [4.78, 5) is 0. The Morgan fingerprint density at radius 2 is 2.13 bits per heavy atom. The molecule has 0 saturated carbocycles. The van der Waals surface area contributed by atoms with Crippen molar-refractivity contribution in [3.8, 4) is 0 Å². The van der Waals surface area contributed by atoms with Gasteiger partial charge in [0.05, 0.1) is 39.1 Å². The fourth-order valence-corrected chi connectivity index (χ4v) is 2.02. The van der Waals surface area contributed by atoms with Crippen molar-refractivity contribution in [3.05, 3.63) is 0 Å². The second kappa shape index (κ2) is 4.81. The van der Waals surface area contributed by atoms with Crippen molar-refractivity contribution in [2.24, 2.45) is 11.3 Å². The van der Waals surface area contributed by atoms with Crippen molar-refractivity contribution in [1.82, 2.24) is 0 Å². The molecule has 0 aliphatic carbocycles. The van der Waals surface area contributed by atoms with Crippen molar-refractivity contribution in [2.75, 3.05) is 33.0 Å². The molecule has 0 N–H and O–H groups in total. The van der Waals surface area contributed by atoms with E-state index in [2.05, 4.69) is 13.8 Å². The highest BCUT2D eigenvalue weighted by atomic mass is 16.6. The van der Waals surface area contributed by atoms with Gasteiger partial charge in [-0.1, -0.05) is 13.8 Å². The van der Waals surface area contributed by atoms with Crippen LogP contribution in [0, 0.1) is 11.3 Å². The maximum Gasteiger partial charge on any atom is 0.0859 e. The molecule has 2 aliphatic heterocycles. The van der Waals surface area contributed by atoms with Gasteiger partial charge in [0.15, 0.2) is 0 Å². The molecule has 3 heteroatoms. The predicted molar refractivity (Wildman–Crippen MR) is 57.9 cm³/mol. The van der Waals surface area contributed by atoms with E-state index in [0.29, 0.717) is 17.4 Å². The molecule has 2 unspecified atom stereocenters. The zero-order valence-corrected chi connectivity index (χ0v) is 9.83. The molecule has 0 amide bonds. The molecule has 2 aliphatic rings. The summed E-state index contributed by atoms with van der Waals surface area (Å²) < 4.78 is 16.4. The van der Waals surface area contributed by atoms with Crippen LogP contribution in [-0.4, -0.2) is 39.1 Å². The lowest BCUT2D eigenvalue weighted by molar-refractivity contribution is -0.153. The fraction of sp³-hybridized carbons (Fsp3) is 1.00. The Bertz CT molecular complexity index is 192. The van der Waals surface area contributed by atoms with E-state index in [-0.39, 0.29) is 0 Å². The molecular weight excluding hydrogens is 192 g/mol. The Balaban J connectivity index is 1.64. The summed E-state index contributed by atoms with van der Waals surface area (Å²) in [6, 6.07) is 0. The lowest BCUT2D eigenvalue weighted by Gasteiger charge is -2.40. The lowest BCUT2D eigenvalue weighted by Crippen LogP contribution is -2.46. The van der Waals surface area contributed by atoms with Crippen LogP contribution < -0.4 is 0 Å². The van der Waals surface area contributed by atoms with Crippen LogP contribution in [0.25, 0.3) is 0 Å². The third kappa shape index (κ3) is 2.71. The van der Waals surface area contributed by atoms with E-state index < -0.39 is 0 Å². The van der Waals surface area contributed by atoms with Gasteiger partial charge in [0.2, 0.25) is 0 Å². The smallest absolute Gasteiger partial charge is 0.0859 e. The molecule has 0 bridgehead atoms. The van der Waals surface area contributed by atoms with Gasteiger partial charge >= 0.3 is 0 Å². The molecular formula is C12H22O3. The number of hydrogen-bond acceptors (Lipinski definition) is 3. The first-order valence-corrected chi connectivity index (χ1v) is 6.07. The summed E-state index contributed by atoms with van der Waals surface area (Å²) in [6.45, 7) is 8.81. The summed E-state index contributed by atoms with van der Waals surface area (Å²) in [5, 5.41) is 0. The van der Waals surface area contributed by atoms with Gasteiger partial charge in [-0.2, -0.15) is 0 Å². The Morgan fingerprint density at radius 1 is 1.40 bits per heavy atom. The number of rotatable bonds is 7.